The Hall–Kier alpha value is -1.68. The van der Waals surface area contributed by atoms with Crippen molar-refractivity contribution < 1.29 is 14.7 Å². The number of hydrogen-bond donors (Lipinski definition) is 1. The summed E-state index contributed by atoms with van der Waals surface area (Å²) in [5.41, 5.74) is 1.71. The second-order valence-electron chi connectivity index (χ2n) is 5.89. The number of carboxylic acids is 1. The lowest BCUT2D eigenvalue weighted by Gasteiger charge is -2.29. The summed E-state index contributed by atoms with van der Waals surface area (Å²) >= 11 is 0. The maximum Gasteiger partial charge on any atom is 0.304 e. The van der Waals surface area contributed by atoms with Crippen molar-refractivity contribution in [1.29, 1.82) is 0 Å². The first kappa shape index (κ1) is 15.7. The molecular weight excluding hydrogens is 266 g/mol. The van der Waals surface area contributed by atoms with E-state index in [1.807, 2.05) is 19.1 Å². The van der Waals surface area contributed by atoms with Crippen molar-refractivity contribution in [3.05, 3.63) is 35.4 Å². The monoisotopic (exact) mass is 289 g/mol. The van der Waals surface area contributed by atoms with Gasteiger partial charge < -0.3 is 10.0 Å². The number of rotatable bonds is 6. The molecule has 0 amide bonds. The van der Waals surface area contributed by atoms with Crippen molar-refractivity contribution in [2.75, 3.05) is 19.6 Å². The Morgan fingerprint density at radius 2 is 1.76 bits per heavy atom. The van der Waals surface area contributed by atoms with Crippen LogP contribution in [0, 0.1) is 12.8 Å². The first-order chi connectivity index (χ1) is 10.1. The van der Waals surface area contributed by atoms with Crippen LogP contribution < -0.4 is 0 Å². The largest absolute Gasteiger partial charge is 0.481 e. The Labute approximate surface area is 125 Å². The van der Waals surface area contributed by atoms with Crippen LogP contribution in [-0.4, -0.2) is 41.4 Å². The minimum atomic E-state index is -0.905. The molecule has 0 saturated carbocycles. The third-order valence-electron chi connectivity index (χ3n) is 4.06. The second kappa shape index (κ2) is 7.36. The molecule has 4 nitrogen and oxygen atoms in total. The lowest BCUT2D eigenvalue weighted by atomic mass is 9.93. The molecule has 1 N–H and O–H groups in total. The molecule has 0 aliphatic carbocycles. The average Bonchev–Trinajstić information content (AvgIpc) is 2.47. The second-order valence-corrected chi connectivity index (χ2v) is 5.89. The van der Waals surface area contributed by atoms with Crippen LogP contribution >= 0.6 is 0 Å². The molecule has 0 aromatic heterocycles. The molecule has 1 atom stereocenters. The van der Waals surface area contributed by atoms with Crippen LogP contribution in [0.25, 0.3) is 0 Å². The number of ketones is 1. The van der Waals surface area contributed by atoms with Crippen LogP contribution in [0.15, 0.2) is 24.3 Å². The molecule has 2 rings (SSSR count). The number of aliphatic carboxylic acids is 1. The summed E-state index contributed by atoms with van der Waals surface area (Å²) in [7, 11) is 0. The molecule has 1 aromatic rings. The van der Waals surface area contributed by atoms with Crippen LogP contribution in [0.2, 0.25) is 0 Å². The topological polar surface area (TPSA) is 57.6 Å². The van der Waals surface area contributed by atoms with Gasteiger partial charge in [-0.15, -0.1) is 0 Å². The fourth-order valence-electron chi connectivity index (χ4n) is 2.86. The third kappa shape index (κ3) is 4.67. The average molecular weight is 289 g/mol. The minimum Gasteiger partial charge on any atom is -0.481 e. The van der Waals surface area contributed by atoms with Gasteiger partial charge in [-0.25, -0.2) is 0 Å². The van der Waals surface area contributed by atoms with E-state index in [0.717, 1.165) is 31.5 Å². The van der Waals surface area contributed by atoms with Crippen LogP contribution in [0.1, 0.15) is 41.6 Å². The summed E-state index contributed by atoms with van der Waals surface area (Å²) in [6.45, 7) is 4.46. The molecule has 1 saturated heterocycles. The molecule has 114 valence electrons. The maximum absolute atomic E-state index is 12.6. The lowest BCUT2D eigenvalue weighted by Crippen LogP contribution is -2.37. The summed E-state index contributed by atoms with van der Waals surface area (Å²) in [6, 6.07) is 7.38. The highest BCUT2D eigenvalue weighted by Gasteiger charge is 2.26. The Bertz CT molecular complexity index is 489. The van der Waals surface area contributed by atoms with Crippen LogP contribution in [-0.2, 0) is 4.79 Å². The zero-order chi connectivity index (χ0) is 15.2. The first-order valence-electron chi connectivity index (χ1n) is 7.61. The van der Waals surface area contributed by atoms with Crippen molar-refractivity contribution in [2.24, 2.45) is 5.92 Å². The van der Waals surface area contributed by atoms with Crippen molar-refractivity contribution in [3.63, 3.8) is 0 Å². The van der Waals surface area contributed by atoms with E-state index >= 15 is 0 Å². The van der Waals surface area contributed by atoms with E-state index in [1.54, 1.807) is 12.1 Å². The van der Waals surface area contributed by atoms with E-state index in [-0.39, 0.29) is 12.2 Å². The van der Waals surface area contributed by atoms with Gasteiger partial charge in [0, 0.05) is 18.0 Å². The van der Waals surface area contributed by atoms with Gasteiger partial charge in [-0.2, -0.15) is 0 Å². The van der Waals surface area contributed by atoms with Gasteiger partial charge in [-0.05, 0) is 32.9 Å². The highest BCUT2D eigenvalue weighted by atomic mass is 16.4. The zero-order valence-electron chi connectivity index (χ0n) is 12.5. The van der Waals surface area contributed by atoms with Crippen molar-refractivity contribution >= 4 is 11.8 Å². The van der Waals surface area contributed by atoms with Gasteiger partial charge in [-0.1, -0.05) is 36.2 Å². The van der Waals surface area contributed by atoms with Crippen LogP contribution in [0.5, 0.6) is 0 Å². The number of benzene rings is 1. The van der Waals surface area contributed by atoms with Gasteiger partial charge >= 0.3 is 5.97 Å². The van der Waals surface area contributed by atoms with E-state index in [4.69, 9.17) is 5.11 Å². The molecule has 1 aliphatic rings. The highest BCUT2D eigenvalue weighted by Crippen LogP contribution is 2.18. The predicted molar refractivity (Wildman–Crippen MR) is 81.5 cm³/mol. The van der Waals surface area contributed by atoms with Crippen LogP contribution in [0.3, 0.4) is 0 Å². The number of nitrogens with zero attached hydrogens (tertiary/aromatic N) is 1. The highest BCUT2D eigenvalue weighted by molar-refractivity contribution is 5.99. The number of carbonyl (C=O) groups is 2. The van der Waals surface area contributed by atoms with E-state index in [0.29, 0.717) is 12.1 Å². The van der Waals surface area contributed by atoms with E-state index in [1.165, 1.54) is 6.42 Å². The molecule has 1 aromatic carbocycles. The molecular formula is C17H23NO3. The summed E-state index contributed by atoms with van der Waals surface area (Å²) in [4.78, 5) is 25.9. The number of carbonyl (C=O) groups excluding carboxylic acids is 1. The fourth-order valence-corrected chi connectivity index (χ4v) is 2.86. The van der Waals surface area contributed by atoms with E-state index in [9.17, 15) is 9.59 Å². The summed E-state index contributed by atoms with van der Waals surface area (Å²) in [6.07, 6.45) is 3.41. The van der Waals surface area contributed by atoms with Gasteiger partial charge in [-0.3, -0.25) is 9.59 Å². The summed E-state index contributed by atoms with van der Waals surface area (Å²) in [5, 5.41) is 9.08. The number of aryl methyl sites for hydroxylation is 1. The number of hydrogen-bond acceptors (Lipinski definition) is 3. The molecule has 1 heterocycles. The van der Waals surface area contributed by atoms with E-state index < -0.39 is 11.9 Å². The molecule has 1 fully saturated rings. The first-order valence-corrected chi connectivity index (χ1v) is 7.61. The molecule has 0 radical (unpaired) electrons. The third-order valence-corrected chi connectivity index (χ3v) is 4.06. The van der Waals surface area contributed by atoms with Gasteiger partial charge in [0.15, 0.2) is 5.78 Å². The zero-order valence-corrected chi connectivity index (χ0v) is 12.5. The fraction of sp³-hybridized carbons (Fsp3) is 0.529. The molecule has 0 spiro atoms. The Kier molecular flexibility index (Phi) is 5.51. The maximum atomic E-state index is 12.6. The van der Waals surface area contributed by atoms with Gasteiger partial charge in [0.1, 0.15) is 0 Å². The SMILES string of the molecule is Cc1ccc(C(=O)C(CC(=O)O)CN2CCCCC2)cc1. The van der Waals surface area contributed by atoms with Crippen molar-refractivity contribution in [2.45, 2.75) is 32.6 Å². The summed E-state index contributed by atoms with van der Waals surface area (Å²) in [5.74, 6) is -1.41. The molecule has 0 bridgehead atoms. The van der Waals surface area contributed by atoms with E-state index in [2.05, 4.69) is 4.90 Å². The number of Topliss-reactive ketones (excluding diaryl/α,β-unsaturated/α-hetero) is 1. The lowest BCUT2D eigenvalue weighted by molar-refractivity contribution is -0.137. The Morgan fingerprint density at radius 3 is 2.33 bits per heavy atom. The van der Waals surface area contributed by atoms with Crippen LogP contribution in [0.4, 0.5) is 0 Å². The summed E-state index contributed by atoms with van der Waals surface area (Å²) < 4.78 is 0. The quantitative estimate of drug-likeness (QED) is 0.818. The number of likely N-dealkylation sites (tertiary alicyclic amines) is 1. The van der Waals surface area contributed by atoms with Gasteiger partial charge in [0.25, 0.3) is 0 Å². The van der Waals surface area contributed by atoms with Crippen molar-refractivity contribution in [3.8, 4) is 0 Å². The van der Waals surface area contributed by atoms with Crippen molar-refractivity contribution in [1.82, 2.24) is 4.90 Å². The predicted octanol–water partition coefficient (Wildman–Crippen LogP) is 2.75. The number of piperidine rings is 1. The normalized spacial score (nSPS) is 17.4. The minimum absolute atomic E-state index is 0.0528. The smallest absolute Gasteiger partial charge is 0.304 e. The standard InChI is InChI=1S/C17H23NO3/c1-13-5-7-14(8-6-13)17(21)15(11-16(19)20)12-18-9-3-2-4-10-18/h5-8,15H,2-4,9-12H2,1H3,(H,19,20). The molecule has 1 aliphatic heterocycles. The Balaban J connectivity index is 2.08. The van der Waals surface area contributed by atoms with Gasteiger partial charge in [0.05, 0.1) is 6.42 Å². The van der Waals surface area contributed by atoms with Gasteiger partial charge in [0.2, 0.25) is 0 Å². The molecule has 21 heavy (non-hydrogen) atoms. The molecule has 1 unspecified atom stereocenters. The molecule has 4 heteroatoms. The Morgan fingerprint density at radius 1 is 1.14 bits per heavy atom. The number of carboxylic acid groups (broad SMARTS) is 1.